The molecule has 3 rings (SSSR count). The number of imidazole rings is 1. The molecule has 108 valence electrons. The van der Waals surface area contributed by atoms with Gasteiger partial charge in [0.2, 0.25) is 0 Å². The first-order chi connectivity index (χ1) is 10.1. The van der Waals surface area contributed by atoms with Gasteiger partial charge in [-0.3, -0.25) is 0 Å². The van der Waals surface area contributed by atoms with Crippen LogP contribution in [0.25, 0.3) is 22.4 Å². The number of rotatable bonds is 3. The molecule has 3 nitrogen and oxygen atoms in total. The van der Waals surface area contributed by atoms with E-state index < -0.39 is 0 Å². The van der Waals surface area contributed by atoms with E-state index in [1.54, 1.807) is 6.07 Å². The van der Waals surface area contributed by atoms with Crippen LogP contribution < -0.4 is 5.73 Å². The van der Waals surface area contributed by atoms with Gasteiger partial charge in [0.05, 0.1) is 21.1 Å². The van der Waals surface area contributed by atoms with Crippen LogP contribution in [0.3, 0.4) is 0 Å². The van der Waals surface area contributed by atoms with Gasteiger partial charge in [0.15, 0.2) is 0 Å². The van der Waals surface area contributed by atoms with Crippen molar-refractivity contribution in [3.8, 4) is 11.4 Å². The molecule has 2 aromatic carbocycles. The van der Waals surface area contributed by atoms with E-state index in [4.69, 9.17) is 33.9 Å². The van der Waals surface area contributed by atoms with Crippen molar-refractivity contribution < 1.29 is 0 Å². The Kier molecular flexibility index (Phi) is 3.89. The van der Waals surface area contributed by atoms with E-state index >= 15 is 0 Å². The molecule has 2 N–H and O–H groups in total. The van der Waals surface area contributed by atoms with E-state index in [1.807, 2.05) is 6.07 Å². The van der Waals surface area contributed by atoms with Crippen LogP contribution in [0.4, 0.5) is 0 Å². The SMILES string of the molecule is Cc1ccc(-c2nc3cc(Cl)c(Cl)cc3n2CCN)cc1. The second-order valence-corrected chi connectivity index (χ2v) is 5.81. The van der Waals surface area contributed by atoms with Gasteiger partial charge < -0.3 is 10.3 Å². The van der Waals surface area contributed by atoms with Crippen LogP contribution in [0.5, 0.6) is 0 Å². The van der Waals surface area contributed by atoms with Gasteiger partial charge in [-0.1, -0.05) is 53.0 Å². The van der Waals surface area contributed by atoms with Gasteiger partial charge in [-0.15, -0.1) is 0 Å². The van der Waals surface area contributed by atoms with Crippen molar-refractivity contribution >= 4 is 34.2 Å². The Labute approximate surface area is 133 Å². The van der Waals surface area contributed by atoms with Crippen molar-refractivity contribution in [2.45, 2.75) is 13.5 Å². The van der Waals surface area contributed by atoms with Crippen molar-refractivity contribution in [2.24, 2.45) is 5.73 Å². The molecule has 0 atom stereocenters. The summed E-state index contributed by atoms with van der Waals surface area (Å²) in [6.07, 6.45) is 0. The first kappa shape index (κ1) is 14.4. The predicted molar refractivity (Wildman–Crippen MR) is 89.0 cm³/mol. The minimum Gasteiger partial charge on any atom is -0.329 e. The maximum Gasteiger partial charge on any atom is 0.141 e. The first-order valence-corrected chi connectivity index (χ1v) is 7.48. The molecular formula is C16H15Cl2N3. The summed E-state index contributed by atoms with van der Waals surface area (Å²) in [6.45, 7) is 3.27. The van der Waals surface area contributed by atoms with Crippen LogP contribution in [-0.4, -0.2) is 16.1 Å². The lowest BCUT2D eigenvalue weighted by Crippen LogP contribution is -2.10. The number of hydrogen-bond donors (Lipinski definition) is 1. The lowest BCUT2D eigenvalue weighted by Gasteiger charge is -2.08. The van der Waals surface area contributed by atoms with Crippen LogP contribution in [0, 0.1) is 6.92 Å². The standard InChI is InChI=1S/C16H15Cl2N3/c1-10-2-4-11(5-3-10)16-20-14-8-12(17)13(18)9-15(14)21(16)7-6-19/h2-5,8-9H,6-7,19H2,1H3. The van der Waals surface area contributed by atoms with E-state index in [0.29, 0.717) is 23.1 Å². The van der Waals surface area contributed by atoms with Crippen LogP contribution in [-0.2, 0) is 6.54 Å². The molecule has 0 unspecified atom stereocenters. The van der Waals surface area contributed by atoms with Crippen LogP contribution in [0.15, 0.2) is 36.4 Å². The highest BCUT2D eigenvalue weighted by Crippen LogP contribution is 2.31. The Hall–Kier alpha value is -1.55. The normalized spacial score (nSPS) is 11.2. The maximum absolute atomic E-state index is 6.13. The zero-order valence-corrected chi connectivity index (χ0v) is 13.1. The van der Waals surface area contributed by atoms with E-state index in [1.165, 1.54) is 5.56 Å². The second kappa shape index (κ2) is 5.68. The molecule has 1 heterocycles. The average Bonchev–Trinajstić information content (AvgIpc) is 2.79. The number of aromatic nitrogens is 2. The summed E-state index contributed by atoms with van der Waals surface area (Å²) in [7, 11) is 0. The Morgan fingerprint density at radius 2 is 1.76 bits per heavy atom. The van der Waals surface area contributed by atoms with Crippen LogP contribution >= 0.6 is 23.2 Å². The smallest absolute Gasteiger partial charge is 0.141 e. The van der Waals surface area contributed by atoms with Gasteiger partial charge in [-0.2, -0.15) is 0 Å². The first-order valence-electron chi connectivity index (χ1n) is 6.72. The molecule has 0 saturated heterocycles. The van der Waals surface area contributed by atoms with Gasteiger partial charge in [0.1, 0.15) is 5.82 Å². The van der Waals surface area contributed by atoms with Gasteiger partial charge in [-0.05, 0) is 19.1 Å². The molecule has 21 heavy (non-hydrogen) atoms. The van der Waals surface area contributed by atoms with Crippen molar-refractivity contribution in [1.82, 2.24) is 9.55 Å². The highest BCUT2D eigenvalue weighted by atomic mass is 35.5. The highest BCUT2D eigenvalue weighted by molar-refractivity contribution is 6.42. The molecule has 5 heteroatoms. The Morgan fingerprint density at radius 3 is 2.43 bits per heavy atom. The zero-order valence-electron chi connectivity index (χ0n) is 11.6. The number of fused-ring (bicyclic) bond motifs is 1. The molecule has 0 radical (unpaired) electrons. The molecular weight excluding hydrogens is 305 g/mol. The maximum atomic E-state index is 6.13. The number of hydrogen-bond acceptors (Lipinski definition) is 2. The molecule has 1 aromatic heterocycles. The third-order valence-corrected chi connectivity index (χ3v) is 4.17. The van der Waals surface area contributed by atoms with E-state index in [9.17, 15) is 0 Å². The topological polar surface area (TPSA) is 43.8 Å². The van der Waals surface area contributed by atoms with Crippen molar-refractivity contribution in [1.29, 1.82) is 0 Å². The summed E-state index contributed by atoms with van der Waals surface area (Å²) in [5.74, 6) is 0.883. The Balaban J connectivity index is 2.25. The Bertz CT molecular complexity index is 791. The summed E-state index contributed by atoms with van der Waals surface area (Å²) in [5, 5.41) is 1.04. The molecule has 0 amide bonds. The fraction of sp³-hybridized carbons (Fsp3) is 0.188. The summed E-state index contributed by atoms with van der Waals surface area (Å²) in [5.41, 5.74) is 9.79. The van der Waals surface area contributed by atoms with Gasteiger partial charge >= 0.3 is 0 Å². The zero-order chi connectivity index (χ0) is 15.0. The summed E-state index contributed by atoms with van der Waals surface area (Å²) in [6, 6.07) is 11.9. The summed E-state index contributed by atoms with van der Waals surface area (Å²) >= 11 is 12.2. The largest absolute Gasteiger partial charge is 0.329 e. The molecule has 0 bridgehead atoms. The third-order valence-electron chi connectivity index (χ3n) is 3.45. The fourth-order valence-electron chi connectivity index (χ4n) is 2.40. The molecule has 3 aromatic rings. The number of aryl methyl sites for hydroxylation is 1. The minimum atomic E-state index is 0.511. The van der Waals surface area contributed by atoms with E-state index in [2.05, 4.69) is 35.8 Å². The highest BCUT2D eigenvalue weighted by Gasteiger charge is 2.14. The molecule has 0 aliphatic rings. The monoisotopic (exact) mass is 319 g/mol. The summed E-state index contributed by atoms with van der Waals surface area (Å²) in [4.78, 5) is 4.70. The molecule has 0 fully saturated rings. The van der Waals surface area contributed by atoms with E-state index in [-0.39, 0.29) is 0 Å². The Morgan fingerprint density at radius 1 is 1.10 bits per heavy atom. The quantitative estimate of drug-likeness (QED) is 0.783. The van der Waals surface area contributed by atoms with Crippen molar-refractivity contribution in [3.63, 3.8) is 0 Å². The lowest BCUT2D eigenvalue weighted by molar-refractivity contribution is 0.735. The van der Waals surface area contributed by atoms with Gasteiger partial charge in [-0.25, -0.2) is 4.98 Å². The number of nitrogens with zero attached hydrogens (tertiary/aromatic N) is 2. The van der Waals surface area contributed by atoms with Crippen LogP contribution in [0.1, 0.15) is 5.56 Å². The van der Waals surface area contributed by atoms with Crippen LogP contribution in [0.2, 0.25) is 10.0 Å². The fourth-order valence-corrected chi connectivity index (χ4v) is 2.71. The molecule has 0 saturated carbocycles. The predicted octanol–water partition coefficient (Wildman–Crippen LogP) is 4.28. The van der Waals surface area contributed by atoms with Gasteiger partial charge in [0, 0.05) is 18.7 Å². The third kappa shape index (κ3) is 2.64. The molecule has 0 aliphatic heterocycles. The number of halogens is 2. The molecule has 0 aliphatic carbocycles. The molecule has 0 spiro atoms. The van der Waals surface area contributed by atoms with Crippen molar-refractivity contribution in [2.75, 3.05) is 6.54 Å². The second-order valence-electron chi connectivity index (χ2n) is 5.00. The van der Waals surface area contributed by atoms with E-state index in [0.717, 1.165) is 22.4 Å². The van der Waals surface area contributed by atoms with Crippen molar-refractivity contribution in [3.05, 3.63) is 52.0 Å². The average molecular weight is 320 g/mol. The number of benzene rings is 2. The number of nitrogens with two attached hydrogens (primary N) is 1. The lowest BCUT2D eigenvalue weighted by atomic mass is 10.1. The summed E-state index contributed by atoms with van der Waals surface area (Å²) < 4.78 is 2.09. The minimum absolute atomic E-state index is 0.511. The van der Waals surface area contributed by atoms with Gasteiger partial charge in [0.25, 0.3) is 0 Å².